The van der Waals surface area contributed by atoms with Crippen molar-refractivity contribution in [2.45, 2.75) is 6.92 Å². The molecular formula is C17H22N2O. The van der Waals surface area contributed by atoms with Crippen molar-refractivity contribution in [3.05, 3.63) is 54.1 Å². The van der Waals surface area contributed by atoms with E-state index >= 15 is 0 Å². The minimum atomic E-state index is 0.644. The number of benzene rings is 2. The molecule has 3 heteroatoms. The number of hydrogen-bond donors (Lipinski definition) is 1. The van der Waals surface area contributed by atoms with E-state index in [0.29, 0.717) is 6.61 Å². The highest BCUT2D eigenvalue weighted by atomic mass is 16.5. The lowest BCUT2D eigenvalue weighted by molar-refractivity contribution is 0.333. The molecule has 0 unspecified atom stereocenters. The molecule has 0 amide bonds. The standard InChI is InChI=1S/C17H22N2O/c1-14-6-4-7-15(12-14)18-10-11-20-17-9-5-8-16(13-17)19(2)3/h4-9,12-13,18H,10-11H2,1-3H3. The number of aryl methyl sites for hydroxylation is 1. The van der Waals surface area contributed by atoms with Crippen LogP contribution < -0.4 is 15.0 Å². The lowest BCUT2D eigenvalue weighted by Crippen LogP contribution is -2.12. The van der Waals surface area contributed by atoms with E-state index in [2.05, 4.69) is 47.5 Å². The van der Waals surface area contributed by atoms with Crippen molar-refractivity contribution in [3.63, 3.8) is 0 Å². The van der Waals surface area contributed by atoms with Crippen LogP contribution in [0.1, 0.15) is 5.56 Å². The maximum absolute atomic E-state index is 5.76. The van der Waals surface area contributed by atoms with E-state index in [1.54, 1.807) is 0 Å². The molecule has 0 spiro atoms. The van der Waals surface area contributed by atoms with Gasteiger partial charge in [0.15, 0.2) is 0 Å². The molecule has 3 nitrogen and oxygen atoms in total. The van der Waals surface area contributed by atoms with Crippen LogP contribution in [0.25, 0.3) is 0 Å². The van der Waals surface area contributed by atoms with E-state index in [0.717, 1.165) is 23.7 Å². The molecule has 0 aliphatic heterocycles. The van der Waals surface area contributed by atoms with Crippen LogP contribution in [0, 0.1) is 6.92 Å². The van der Waals surface area contributed by atoms with Gasteiger partial charge in [-0.05, 0) is 36.8 Å². The van der Waals surface area contributed by atoms with Crippen LogP contribution in [0.4, 0.5) is 11.4 Å². The van der Waals surface area contributed by atoms with Crippen molar-refractivity contribution in [2.24, 2.45) is 0 Å². The van der Waals surface area contributed by atoms with Crippen molar-refractivity contribution in [2.75, 3.05) is 37.5 Å². The highest BCUT2D eigenvalue weighted by Gasteiger charge is 1.98. The summed E-state index contributed by atoms with van der Waals surface area (Å²) in [5.74, 6) is 0.905. The summed E-state index contributed by atoms with van der Waals surface area (Å²) in [4.78, 5) is 2.07. The highest BCUT2D eigenvalue weighted by molar-refractivity contribution is 5.49. The summed E-state index contributed by atoms with van der Waals surface area (Å²) in [7, 11) is 4.05. The van der Waals surface area contributed by atoms with Gasteiger partial charge in [-0.25, -0.2) is 0 Å². The Labute approximate surface area is 121 Å². The van der Waals surface area contributed by atoms with E-state index < -0.39 is 0 Å². The Morgan fingerprint density at radius 1 is 1.05 bits per heavy atom. The summed E-state index contributed by atoms with van der Waals surface area (Å²) < 4.78 is 5.76. The van der Waals surface area contributed by atoms with Gasteiger partial charge in [-0.15, -0.1) is 0 Å². The number of anilines is 2. The minimum Gasteiger partial charge on any atom is -0.492 e. The first-order valence-corrected chi connectivity index (χ1v) is 6.86. The molecule has 2 aromatic carbocycles. The van der Waals surface area contributed by atoms with Crippen LogP contribution in [-0.4, -0.2) is 27.2 Å². The third-order valence-corrected chi connectivity index (χ3v) is 3.05. The number of ether oxygens (including phenoxy) is 1. The summed E-state index contributed by atoms with van der Waals surface area (Å²) >= 11 is 0. The van der Waals surface area contributed by atoms with E-state index in [4.69, 9.17) is 4.74 Å². The van der Waals surface area contributed by atoms with Gasteiger partial charge >= 0.3 is 0 Å². The molecule has 0 fully saturated rings. The molecule has 2 aromatic rings. The zero-order valence-corrected chi connectivity index (χ0v) is 12.4. The molecule has 0 aliphatic carbocycles. The number of rotatable bonds is 6. The SMILES string of the molecule is Cc1cccc(NCCOc2cccc(N(C)C)c2)c1. The van der Waals surface area contributed by atoms with Crippen molar-refractivity contribution >= 4 is 11.4 Å². The van der Waals surface area contributed by atoms with E-state index in [9.17, 15) is 0 Å². The van der Waals surface area contributed by atoms with Gasteiger partial charge < -0.3 is 15.0 Å². The van der Waals surface area contributed by atoms with Gasteiger partial charge in [0.2, 0.25) is 0 Å². The number of hydrogen-bond acceptors (Lipinski definition) is 3. The highest BCUT2D eigenvalue weighted by Crippen LogP contribution is 2.19. The summed E-state index contributed by atoms with van der Waals surface area (Å²) in [6.45, 7) is 3.52. The monoisotopic (exact) mass is 270 g/mol. The molecule has 0 saturated heterocycles. The Kier molecular flexibility index (Phi) is 4.88. The van der Waals surface area contributed by atoms with Crippen LogP contribution in [0.5, 0.6) is 5.75 Å². The van der Waals surface area contributed by atoms with Gasteiger partial charge in [-0.2, -0.15) is 0 Å². The Morgan fingerprint density at radius 2 is 1.85 bits per heavy atom. The Hall–Kier alpha value is -2.16. The van der Waals surface area contributed by atoms with Gasteiger partial charge in [0, 0.05) is 38.1 Å². The van der Waals surface area contributed by atoms with E-state index in [-0.39, 0.29) is 0 Å². The maximum atomic E-state index is 5.76. The van der Waals surface area contributed by atoms with Crippen LogP contribution >= 0.6 is 0 Å². The topological polar surface area (TPSA) is 24.5 Å². The van der Waals surface area contributed by atoms with Crippen LogP contribution in [0.3, 0.4) is 0 Å². The van der Waals surface area contributed by atoms with Crippen molar-refractivity contribution in [1.29, 1.82) is 0 Å². The Bertz CT molecular complexity index is 552. The summed E-state index contributed by atoms with van der Waals surface area (Å²) in [6, 6.07) is 16.5. The first-order chi connectivity index (χ1) is 9.65. The largest absolute Gasteiger partial charge is 0.492 e. The fourth-order valence-corrected chi connectivity index (χ4v) is 1.97. The fourth-order valence-electron chi connectivity index (χ4n) is 1.97. The fraction of sp³-hybridized carbons (Fsp3) is 0.294. The van der Waals surface area contributed by atoms with E-state index in [1.165, 1.54) is 5.56 Å². The molecule has 20 heavy (non-hydrogen) atoms. The minimum absolute atomic E-state index is 0.644. The molecule has 0 saturated carbocycles. The van der Waals surface area contributed by atoms with Gasteiger partial charge in [0.1, 0.15) is 12.4 Å². The molecule has 0 atom stereocenters. The molecule has 1 N–H and O–H groups in total. The number of nitrogens with one attached hydrogen (secondary N) is 1. The predicted molar refractivity (Wildman–Crippen MR) is 85.9 cm³/mol. The Morgan fingerprint density at radius 3 is 2.60 bits per heavy atom. The first kappa shape index (κ1) is 14.3. The Balaban J connectivity index is 1.80. The quantitative estimate of drug-likeness (QED) is 0.812. The summed E-state index contributed by atoms with van der Waals surface area (Å²) in [5.41, 5.74) is 3.54. The average Bonchev–Trinajstić information content (AvgIpc) is 2.44. The molecule has 0 aromatic heterocycles. The molecule has 0 radical (unpaired) electrons. The van der Waals surface area contributed by atoms with Crippen LogP contribution in [0.2, 0.25) is 0 Å². The lowest BCUT2D eigenvalue weighted by Gasteiger charge is -2.14. The van der Waals surface area contributed by atoms with Gasteiger partial charge in [0.25, 0.3) is 0 Å². The third-order valence-electron chi connectivity index (χ3n) is 3.05. The van der Waals surface area contributed by atoms with Crippen molar-refractivity contribution < 1.29 is 4.74 Å². The van der Waals surface area contributed by atoms with Gasteiger partial charge in [-0.3, -0.25) is 0 Å². The zero-order valence-electron chi connectivity index (χ0n) is 12.4. The molecule has 0 aliphatic rings. The maximum Gasteiger partial charge on any atom is 0.121 e. The predicted octanol–water partition coefficient (Wildman–Crippen LogP) is 3.55. The smallest absolute Gasteiger partial charge is 0.121 e. The zero-order chi connectivity index (χ0) is 14.4. The van der Waals surface area contributed by atoms with Crippen molar-refractivity contribution in [1.82, 2.24) is 0 Å². The first-order valence-electron chi connectivity index (χ1n) is 6.86. The second kappa shape index (κ2) is 6.85. The normalized spacial score (nSPS) is 10.2. The second-order valence-corrected chi connectivity index (χ2v) is 5.04. The van der Waals surface area contributed by atoms with Gasteiger partial charge in [0.05, 0.1) is 0 Å². The van der Waals surface area contributed by atoms with E-state index in [1.807, 2.05) is 32.3 Å². The molecule has 2 rings (SSSR count). The van der Waals surface area contributed by atoms with Crippen molar-refractivity contribution in [3.8, 4) is 5.75 Å². The average molecular weight is 270 g/mol. The third kappa shape index (κ3) is 4.19. The summed E-state index contributed by atoms with van der Waals surface area (Å²) in [5, 5.41) is 3.36. The summed E-state index contributed by atoms with van der Waals surface area (Å²) in [6.07, 6.45) is 0. The molecular weight excluding hydrogens is 248 g/mol. The van der Waals surface area contributed by atoms with Crippen LogP contribution in [-0.2, 0) is 0 Å². The molecule has 106 valence electrons. The second-order valence-electron chi connectivity index (χ2n) is 5.04. The lowest BCUT2D eigenvalue weighted by atomic mass is 10.2. The van der Waals surface area contributed by atoms with Crippen LogP contribution in [0.15, 0.2) is 48.5 Å². The molecule has 0 heterocycles. The number of nitrogens with zero attached hydrogens (tertiary/aromatic N) is 1. The van der Waals surface area contributed by atoms with Gasteiger partial charge in [-0.1, -0.05) is 18.2 Å². The molecule has 0 bridgehead atoms.